The van der Waals surface area contributed by atoms with Crippen LogP contribution in [0.25, 0.3) is 0 Å². The monoisotopic (exact) mass is 322 g/mol. The number of rotatable bonds is 4. The van der Waals surface area contributed by atoms with E-state index in [1.165, 1.54) is 11.1 Å². The van der Waals surface area contributed by atoms with E-state index in [4.69, 9.17) is 4.43 Å². The van der Waals surface area contributed by atoms with Crippen LogP contribution in [0.3, 0.4) is 0 Å². The van der Waals surface area contributed by atoms with E-state index in [-0.39, 0.29) is 16.2 Å². The van der Waals surface area contributed by atoms with Gasteiger partial charge in [0, 0.05) is 6.10 Å². The van der Waals surface area contributed by atoms with Crippen molar-refractivity contribution in [3.63, 3.8) is 0 Å². The Bertz CT molecular complexity index is 490. The van der Waals surface area contributed by atoms with Crippen LogP contribution in [0.1, 0.15) is 61.3 Å². The lowest BCUT2D eigenvalue weighted by molar-refractivity contribution is -0.112. The number of allylic oxidation sites excluding steroid dienone is 3. The topological polar surface area (TPSA) is 26.3 Å². The van der Waals surface area contributed by atoms with Gasteiger partial charge < -0.3 is 4.43 Å². The van der Waals surface area contributed by atoms with Crippen molar-refractivity contribution < 1.29 is 9.22 Å². The van der Waals surface area contributed by atoms with Crippen LogP contribution in [0.4, 0.5) is 0 Å². The molecule has 1 rings (SSSR count). The molecule has 0 amide bonds. The first-order chi connectivity index (χ1) is 9.76. The van der Waals surface area contributed by atoms with E-state index in [2.05, 4.69) is 54.6 Å². The van der Waals surface area contributed by atoms with Crippen molar-refractivity contribution in [1.29, 1.82) is 0 Å². The molecule has 0 saturated carbocycles. The molecule has 0 bridgehead atoms. The molecule has 1 aliphatic carbocycles. The molecule has 1 atom stereocenters. The SMILES string of the molecule is CC(=O)/C=C/C1=C(C)CC(O[Si](C)(C)C(C)(C)C)CC1(C)C. The Morgan fingerprint density at radius 1 is 1.32 bits per heavy atom. The number of hydrogen-bond acceptors (Lipinski definition) is 2. The minimum Gasteiger partial charge on any atom is -0.414 e. The van der Waals surface area contributed by atoms with Crippen LogP contribution >= 0.6 is 0 Å². The van der Waals surface area contributed by atoms with E-state index in [1.807, 2.05) is 6.08 Å². The van der Waals surface area contributed by atoms with Crippen molar-refractivity contribution in [1.82, 2.24) is 0 Å². The smallest absolute Gasteiger partial charge is 0.192 e. The van der Waals surface area contributed by atoms with E-state index in [0.29, 0.717) is 6.10 Å². The van der Waals surface area contributed by atoms with Crippen LogP contribution < -0.4 is 0 Å². The van der Waals surface area contributed by atoms with E-state index in [1.54, 1.807) is 13.0 Å². The molecule has 126 valence electrons. The fourth-order valence-corrected chi connectivity index (χ4v) is 4.38. The molecule has 1 unspecified atom stereocenters. The average Bonchev–Trinajstić information content (AvgIpc) is 2.23. The average molecular weight is 323 g/mol. The molecule has 0 N–H and O–H groups in total. The summed E-state index contributed by atoms with van der Waals surface area (Å²) in [5.74, 6) is 0.107. The van der Waals surface area contributed by atoms with Gasteiger partial charge in [-0.2, -0.15) is 0 Å². The predicted molar refractivity (Wildman–Crippen MR) is 97.6 cm³/mol. The van der Waals surface area contributed by atoms with Gasteiger partial charge in [0.05, 0.1) is 0 Å². The van der Waals surface area contributed by atoms with Crippen LogP contribution in [0.15, 0.2) is 23.3 Å². The first kappa shape index (κ1) is 19.4. The largest absolute Gasteiger partial charge is 0.414 e. The van der Waals surface area contributed by atoms with Crippen molar-refractivity contribution >= 4 is 14.1 Å². The van der Waals surface area contributed by atoms with Gasteiger partial charge in [0.25, 0.3) is 0 Å². The van der Waals surface area contributed by atoms with Crippen molar-refractivity contribution in [2.24, 2.45) is 5.41 Å². The predicted octanol–water partition coefficient (Wildman–Crippen LogP) is 5.66. The third-order valence-corrected chi connectivity index (χ3v) is 9.75. The summed E-state index contributed by atoms with van der Waals surface area (Å²) < 4.78 is 6.64. The van der Waals surface area contributed by atoms with Gasteiger partial charge in [-0.25, -0.2) is 0 Å². The van der Waals surface area contributed by atoms with Gasteiger partial charge in [0.15, 0.2) is 14.1 Å². The Balaban J connectivity index is 2.99. The lowest BCUT2D eigenvalue weighted by Crippen LogP contribution is -2.46. The first-order valence-corrected chi connectivity index (χ1v) is 11.2. The minimum atomic E-state index is -1.74. The Morgan fingerprint density at radius 2 is 1.86 bits per heavy atom. The van der Waals surface area contributed by atoms with Crippen LogP contribution in [-0.2, 0) is 9.22 Å². The molecular weight excluding hydrogens is 288 g/mol. The van der Waals surface area contributed by atoms with Crippen LogP contribution in [-0.4, -0.2) is 20.2 Å². The number of ketones is 1. The summed E-state index contributed by atoms with van der Waals surface area (Å²) in [7, 11) is -1.74. The summed E-state index contributed by atoms with van der Waals surface area (Å²) in [5, 5.41) is 0.240. The molecule has 0 aliphatic heterocycles. The highest BCUT2D eigenvalue weighted by Gasteiger charge is 2.42. The highest BCUT2D eigenvalue weighted by atomic mass is 28.4. The lowest BCUT2D eigenvalue weighted by atomic mass is 9.71. The highest BCUT2D eigenvalue weighted by Crippen LogP contribution is 2.45. The van der Waals surface area contributed by atoms with Gasteiger partial charge in [-0.15, -0.1) is 0 Å². The number of carbonyl (C=O) groups excluding carboxylic acids is 1. The summed E-state index contributed by atoms with van der Waals surface area (Å²) in [6.45, 7) is 19.8. The van der Waals surface area contributed by atoms with Gasteiger partial charge in [0.1, 0.15) is 0 Å². The van der Waals surface area contributed by atoms with Crippen molar-refractivity contribution in [2.45, 2.75) is 85.5 Å². The molecule has 22 heavy (non-hydrogen) atoms. The van der Waals surface area contributed by atoms with Crippen LogP contribution in [0, 0.1) is 5.41 Å². The zero-order valence-corrected chi connectivity index (χ0v) is 17.0. The molecule has 0 aromatic carbocycles. The standard InChI is InChI=1S/C19H34O2Si/c1-14-12-16(21-22(8,9)18(3,4)5)13-19(6,7)17(14)11-10-15(2)20/h10-11,16H,12-13H2,1-9H3/b11-10+. The molecule has 0 saturated heterocycles. The Kier molecular flexibility index (Phi) is 5.67. The summed E-state index contributed by atoms with van der Waals surface area (Å²) in [5.41, 5.74) is 2.72. The molecule has 0 aromatic rings. The van der Waals surface area contributed by atoms with E-state index in [9.17, 15) is 4.79 Å². The van der Waals surface area contributed by atoms with Crippen molar-refractivity contribution in [3.8, 4) is 0 Å². The fourth-order valence-electron chi connectivity index (χ4n) is 3.03. The van der Waals surface area contributed by atoms with Crippen molar-refractivity contribution in [2.75, 3.05) is 0 Å². The number of hydrogen-bond donors (Lipinski definition) is 0. The second kappa shape index (κ2) is 6.44. The summed E-state index contributed by atoms with van der Waals surface area (Å²) in [4.78, 5) is 11.2. The second-order valence-corrected chi connectivity index (χ2v) is 13.7. The van der Waals surface area contributed by atoms with Gasteiger partial charge >= 0.3 is 0 Å². The molecule has 0 fully saturated rings. The lowest BCUT2D eigenvalue weighted by Gasteiger charge is -2.44. The fraction of sp³-hybridized carbons (Fsp3) is 0.737. The number of carbonyl (C=O) groups is 1. The molecule has 2 nitrogen and oxygen atoms in total. The summed E-state index contributed by atoms with van der Waals surface area (Å²) in [6.07, 6.45) is 6.00. The molecule has 1 aliphatic rings. The Hall–Kier alpha value is -0.673. The molecule has 0 spiro atoms. The van der Waals surface area contributed by atoms with Gasteiger partial charge in [-0.1, -0.05) is 46.3 Å². The molecular formula is C19H34O2Si. The van der Waals surface area contributed by atoms with Gasteiger partial charge in [0.2, 0.25) is 0 Å². The quantitative estimate of drug-likeness (QED) is 0.493. The Morgan fingerprint density at radius 3 is 2.27 bits per heavy atom. The highest BCUT2D eigenvalue weighted by molar-refractivity contribution is 6.74. The van der Waals surface area contributed by atoms with Gasteiger partial charge in [-0.05, 0) is 61.9 Å². The van der Waals surface area contributed by atoms with E-state index in [0.717, 1.165) is 12.8 Å². The Labute approximate surface area is 138 Å². The molecule has 0 heterocycles. The van der Waals surface area contributed by atoms with Crippen molar-refractivity contribution in [3.05, 3.63) is 23.3 Å². The minimum absolute atomic E-state index is 0.0569. The molecule has 0 radical (unpaired) electrons. The second-order valence-electron chi connectivity index (χ2n) is 8.93. The summed E-state index contributed by atoms with van der Waals surface area (Å²) in [6, 6.07) is 0. The van der Waals surface area contributed by atoms with Crippen LogP contribution in [0.5, 0.6) is 0 Å². The maximum atomic E-state index is 11.2. The zero-order valence-electron chi connectivity index (χ0n) is 16.0. The third-order valence-electron chi connectivity index (χ3n) is 5.21. The van der Waals surface area contributed by atoms with Gasteiger partial charge in [-0.3, -0.25) is 4.79 Å². The third kappa shape index (κ3) is 4.66. The summed E-state index contributed by atoms with van der Waals surface area (Å²) >= 11 is 0. The molecule has 0 aromatic heterocycles. The molecule has 3 heteroatoms. The maximum Gasteiger partial charge on any atom is 0.192 e. The van der Waals surface area contributed by atoms with E-state index >= 15 is 0 Å². The van der Waals surface area contributed by atoms with E-state index < -0.39 is 8.32 Å². The first-order valence-electron chi connectivity index (χ1n) is 8.33. The normalized spacial score (nSPS) is 23.2. The maximum absolute atomic E-state index is 11.2. The zero-order chi connectivity index (χ0) is 17.3. The van der Waals surface area contributed by atoms with Crippen LogP contribution in [0.2, 0.25) is 18.1 Å².